The molecule has 0 N–H and O–H groups in total. The molecule has 2 saturated carbocycles. The molecule has 4 rings (SSSR count). The molecule has 1 saturated heterocycles. The van der Waals surface area contributed by atoms with E-state index in [4.69, 9.17) is 0 Å². The Labute approximate surface area is 106 Å². The summed E-state index contributed by atoms with van der Waals surface area (Å²) in [4.78, 5) is 26.4. The van der Waals surface area contributed by atoms with E-state index in [1.54, 1.807) is 0 Å². The van der Waals surface area contributed by atoms with Crippen molar-refractivity contribution in [3.63, 3.8) is 0 Å². The first kappa shape index (κ1) is 10.3. The number of carbonyl (C=O) groups is 2. The minimum atomic E-state index is -0.0172. The smallest absolute Gasteiger partial charge is 0.237 e. The van der Waals surface area contributed by atoms with Crippen molar-refractivity contribution in [1.29, 1.82) is 0 Å². The van der Waals surface area contributed by atoms with Gasteiger partial charge in [0.15, 0.2) is 0 Å². The standard InChI is InChI=1S/C15H15NO2/c17-14-12-9-6-7-10(8-9)13(12)15(18)16(14)11-4-2-1-3-5-11/h1-5,9-10,12-13H,6-8H2. The van der Waals surface area contributed by atoms with Crippen molar-refractivity contribution in [3.8, 4) is 0 Å². The zero-order valence-electron chi connectivity index (χ0n) is 10.1. The molecule has 3 nitrogen and oxygen atoms in total. The summed E-state index contributed by atoms with van der Waals surface area (Å²) < 4.78 is 0. The minimum absolute atomic E-state index is 0.0172. The molecule has 4 atom stereocenters. The first-order valence-corrected chi connectivity index (χ1v) is 6.70. The van der Waals surface area contributed by atoms with Gasteiger partial charge in [0.2, 0.25) is 11.8 Å². The van der Waals surface area contributed by atoms with Crippen LogP contribution >= 0.6 is 0 Å². The van der Waals surface area contributed by atoms with E-state index in [-0.39, 0.29) is 23.7 Å². The Hall–Kier alpha value is -1.64. The second-order valence-electron chi connectivity index (χ2n) is 5.73. The maximum absolute atomic E-state index is 12.5. The molecule has 0 aromatic heterocycles. The molecule has 1 aromatic carbocycles. The fourth-order valence-corrected chi connectivity index (χ4v) is 4.24. The Balaban J connectivity index is 1.76. The van der Waals surface area contributed by atoms with Crippen LogP contribution in [0, 0.1) is 23.7 Å². The van der Waals surface area contributed by atoms with Gasteiger partial charge in [0.05, 0.1) is 17.5 Å². The first-order valence-electron chi connectivity index (χ1n) is 6.70. The third kappa shape index (κ3) is 1.14. The van der Waals surface area contributed by atoms with Gasteiger partial charge in [-0.15, -0.1) is 0 Å². The van der Waals surface area contributed by atoms with Gasteiger partial charge in [-0.3, -0.25) is 14.5 Å². The number of imide groups is 1. The number of carbonyl (C=O) groups excluding carboxylic acids is 2. The molecular weight excluding hydrogens is 226 g/mol. The number of amides is 2. The fourth-order valence-electron chi connectivity index (χ4n) is 4.24. The van der Waals surface area contributed by atoms with E-state index in [0.717, 1.165) is 24.9 Å². The lowest BCUT2D eigenvalue weighted by atomic mass is 9.81. The first-order chi connectivity index (χ1) is 8.77. The number of anilines is 1. The van der Waals surface area contributed by atoms with Crippen molar-refractivity contribution in [2.24, 2.45) is 23.7 Å². The summed E-state index contributed by atoms with van der Waals surface area (Å²) in [5.41, 5.74) is 0.737. The van der Waals surface area contributed by atoms with Gasteiger partial charge in [-0.2, -0.15) is 0 Å². The van der Waals surface area contributed by atoms with Crippen LogP contribution in [0.4, 0.5) is 5.69 Å². The van der Waals surface area contributed by atoms with Crippen LogP contribution in [0.1, 0.15) is 19.3 Å². The van der Waals surface area contributed by atoms with Crippen molar-refractivity contribution in [2.75, 3.05) is 4.90 Å². The lowest BCUT2D eigenvalue weighted by molar-refractivity contribution is -0.123. The van der Waals surface area contributed by atoms with Gasteiger partial charge in [-0.05, 0) is 43.2 Å². The summed E-state index contributed by atoms with van der Waals surface area (Å²) in [6.45, 7) is 0. The molecule has 1 heterocycles. The van der Waals surface area contributed by atoms with Gasteiger partial charge >= 0.3 is 0 Å². The lowest BCUT2D eigenvalue weighted by Crippen LogP contribution is -2.32. The zero-order valence-corrected chi connectivity index (χ0v) is 10.1. The maximum atomic E-state index is 12.5. The van der Waals surface area contributed by atoms with Crippen LogP contribution in [0.2, 0.25) is 0 Å². The molecule has 3 fully saturated rings. The highest BCUT2D eigenvalue weighted by Crippen LogP contribution is 2.56. The second-order valence-corrected chi connectivity index (χ2v) is 5.73. The number of hydrogen-bond donors (Lipinski definition) is 0. The highest BCUT2D eigenvalue weighted by Gasteiger charge is 2.61. The van der Waals surface area contributed by atoms with E-state index in [9.17, 15) is 9.59 Å². The van der Waals surface area contributed by atoms with Gasteiger partial charge in [-0.25, -0.2) is 0 Å². The van der Waals surface area contributed by atoms with Crippen molar-refractivity contribution >= 4 is 17.5 Å². The summed E-state index contributed by atoms with van der Waals surface area (Å²) in [5, 5.41) is 0. The third-order valence-electron chi connectivity index (χ3n) is 4.94. The van der Waals surface area contributed by atoms with E-state index in [1.807, 2.05) is 30.3 Å². The topological polar surface area (TPSA) is 37.4 Å². The average Bonchev–Trinajstić information content (AvgIpc) is 3.05. The predicted molar refractivity (Wildman–Crippen MR) is 66.7 cm³/mol. The largest absolute Gasteiger partial charge is 0.274 e. The van der Waals surface area contributed by atoms with E-state index < -0.39 is 0 Å². The fraction of sp³-hybridized carbons (Fsp3) is 0.467. The van der Waals surface area contributed by atoms with Crippen LogP contribution in [0.15, 0.2) is 30.3 Å². The highest BCUT2D eigenvalue weighted by molar-refractivity contribution is 6.22. The Kier molecular flexibility index (Phi) is 1.97. The van der Waals surface area contributed by atoms with Gasteiger partial charge in [-0.1, -0.05) is 18.2 Å². The lowest BCUT2D eigenvalue weighted by Gasteiger charge is -2.19. The van der Waals surface area contributed by atoms with Crippen LogP contribution in [-0.2, 0) is 9.59 Å². The Morgan fingerprint density at radius 1 is 0.889 bits per heavy atom. The SMILES string of the molecule is O=C1C2C3CCC(C3)C2C(=O)N1c1ccccc1. The number of benzene rings is 1. The third-order valence-corrected chi connectivity index (χ3v) is 4.94. The Bertz CT molecular complexity index is 497. The molecule has 92 valence electrons. The van der Waals surface area contributed by atoms with E-state index in [2.05, 4.69) is 0 Å². The highest BCUT2D eigenvalue weighted by atomic mass is 16.2. The maximum Gasteiger partial charge on any atom is 0.237 e. The molecule has 1 aromatic rings. The van der Waals surface area contributed by atoms with Gasteiger partial charge in [0.1, 0.15) is 0 Å². The van der Waals surface area contributed by atoms with Crippen LogP contribution < -0.4 is 4.90 Å². The molecule has 4 unspecified atom stereocenters. The summed E-state index contributed by atoms with van der Waals surface area (Å²) in [6, 6.07) is 9.34. The molecule has 2 amide bonds. The normalized spacial score (nSPS) is 37.4. The van der Waals surface area contributed by atoms with Crippen molar-refractivity contribution < 1.29 is 9.59 Å². The van der Waals surface area contributed by atoms with E-state index >= 15 is 0 Å². The average molecular weight is 241 g/mol. The van der Waals surface area contributed by atoms with Crippen LogP contribution in [-0.4, -0.2) is 11.8 Å². The van der Waals surface area contributed by atoms with Crippen LogP contribution in [0.5, 0.6) is 0 Å². The molecule has 18 heavy (non-hydrogen) atoms. The summed E-state index contributed by atoms with van der Waals surface area (Å²) in [6.07, 6.45) is 3.36. The van der Waals surface area contributed by atoms with Gasteiger partial charge < -0.3 is 0 Å². The molecule has 0 radical (unpaired) electrons. The number of rotatable bonds is 1. The molecule has 2 bridgehead atoms. The second kappa shape index (κ2) is 3.44. The van der Waals surface area contributed by atoms with Crippen molar-refractivity contribution in [2.45, 2.75) is 19.3 Å². The number of hydrogen-bond acceptors (Lipinski definition) is 2. The Morgan fingerprint density at radius 3 is 2.00 bits per heavy atom. The molecule has 1 aliphatic heterocycles. The van der Waals surface area contributed by atoms with Crippen LogP contribution in [0.3, 0.4) is 0 Å². The molecule has 3 heteroatoms. The quantitative estimate of drug-likeness (QED) is 0.707. The van der Waals surface area contributed by atoms with Crippen molar-refractivity contribution in [1.82, 2.24) is 0 Å². The van der Waals surface area contributed by atoms with E-state index in [0.29, 0.717) is 11.8 Å². The number of nitrogens with zero attached hydrogens (tertiary/aromatic N) is 1. The number of para-hydroxylation sites is 1. The number of fused-ring (bicyclic) bond motifs is 5. The van der Waals surface area contributed by atoms with E-state index in [1.165, 1.54) is 4.90 Å². The van der Waals surface area contributed by atoms with Crippen LogP contribution in [0.25, 0.3) is 0 Å². The van der Waals surface area contributed by atoms with Gasteiger partial charge in [0.25, 0.3) is 0 Å². The monoisotopic (exact) mass is 241 g/mol. The van der Waals surface area contributed by atoms with Gasteiger partial charge in [0, 0.05) is 0 Å². The summed E-state index contributed by atoms with van der Waals surface area (Å²) in [5.74, 6) is 0.982. The Morgan fingerprint density at radius 2 is 1.44 bits per heavy atom. The summed E-state index contributed by atoms with van der Waals surface area (Å²) in [7, 11) is 0. The molecule has 2 aliphatic carbocycles. The summed E-state index contributed by atoms with van der Waals surface area (Å²) >= 11 is 0. The van der Waals surface area contributed by atoms with Crippen molar-refractivity contribution in [3.05, 3.63) is 30.3 Å². The molecular formula is C15H15NO2. The minimum Gasteiger partial charge on any atom is -0.274 e. The molecule has 3 aliphatic rings. The molecule has 0 spiro atoms. The zero-order chi connectivity index (χ0) is 12.3. The predicted octanol–water partition coefficient (Wildman–Crippen LogP) is 2.22.